The van der Waals surface area contributed by atoms with Gasteiger partial charge in [-0.1, -0.05) is 31.5 Å². The summed E-state index contributed by atoms with van der Waals surface area (Å²) in [5.41, 5.74) is 2.79. The highest BCUT2D eigenvalue weighted by molar-refractivity contribution is 14.0. The van der Waals surface area contributed by atoms with Gasteiger partial charge in [0.1, 0.15) is 0 Å². The first-order valence-electron chi connectivity index (χ1n) is 10.4. The van der Waals surface area contributed by atoms with Crippen LogP contribution in [0.2, 0.25) is 0 Å². The predicted octanol–water partition coefficient (Wildman–Crippen LogP) is 3.49. The zero-order chi connectivity index (χ0) is 21.8. The summed E-state index contributed by atoms with van der Waals surface area (Å²) >= 11 is 0. The number of pyridine rings is 1. The second kappa shape index (κ2) is 14.6. The summed E-state index contributed by atoms with van der Waals surface area (Å²) in [5, 5.41) is 6.62. The van der Waals surface area contributed by atoms with E-state index in [0.29, 0.717) is 37.1 Å². The topological polar surface area (TPSA) is 78.8 Å². The molecule has 0 radical (unpaired) electrons. The molecule has 0 spiro atoms. The van der Waals surface area contributed by atoms with Gasteiger partial charge in [-0.05, 0) is 36.6 Å². The van der Waals surface area contributed by atoms with Crippen LogP contribution in [-0.2, 0) is 13.0 Å². The van der Waals surface area contributed by atoms with E-state index in [-0.39, 0.29) is 29.9 Å². The molecule has 0 aliphatic heterocycles. The molecule has 0 aliphatic carbocycles. The molecule has 7 nitrogen and oxygen atoms in total. The Balaban J connectivity index is 0.00000480. The van der Waals surface area contributed by atoms with Crippen LogP contribution in [0.25, 0.3) is 0 Å². The van der Waals surface area contributed by atoms with Crippen LogP contribution in [0.3, 0.4) is 0 Å². The van der Waals surface area contributed by atoms with E-state index < -0.39 is 0 Å². The summed E-state index contributed by atoms with van der Waals surface area (Å²) in [6, 6.07) is 11.6. The number of nitrogens with zero attached hydrogens (tertiary/aromatic N) is 3. The molecule has 0 fully saturated rings. The monoisotopic (exact) mass is 539 g/mol. The van der Waals surface area contributed by atoms with Gasteiger partial charge in [0.25, 0.3) is 5.91 Å². The van der Waals surface area contributed by atoms with Crippen molar-refractivity contribution in [1.29, 1.82) is 0 Å². The molecule has 0 unspecified atom stereocenters. The lowest BCUT2D eigenvalue weighted by Crippen LogP contribution is -2.38. The predicted molar refractivity (Wildman–Crippen MR) is 136 cm³/mol. The molecule has 1 aromatic carbocycles. The van der Waals surface area contributed by atoms with Crippen molar-refractivity contribution in [2.75, 3.05) is 34.3 Å². The maximum absolute atomic E-state index is 12.1. The summed E-state index contributed by atoms with van der Waals surface area (Å²) in [6.45, 7) is 4.08. The number of aliphatic imine (C=N–C) groups is 1. The van der Waals surface area contributed by atoms with Crippen LogP contribution >= 0.6 is 24.0 Å². The first-order chi connectivity index (χ1) is 14.5. The third-order valence-electron chi connectivity index (χ3n) is 4.54. The van der Waals surface area contributed by atoms with E-state index in [0.717, 1.165) is 30.4 Å². The van der Waals surface area contributed by atoms with E-state index >= 15 is 0 Å². The van der Waals surface area contributed by atoms with Crippen molar-refractivity contribution in [1.82, 2.24) is 20.5 Å². The molecule has 0 saturated heterocycles. The van der Waals surface area contributed by atoms with Gasteiger partial charge in [-0.15, -0.1) is 24.0 Å². The highest BCUT2D eigenvalue weighted by atomic mass is 127. The molecule has 2 aromatic rings. The van der Waals surface area contributed by atoms with E-state index in [4.69, 9.17) is 4.74 Å². The molecule has 1 aromatic heterocycles. The number of benzene rings is 1. The molecular formula is C23H34IN5O2. The fraction of sp³-hybridized carbons (Fsp3) is 0.435. The van der Waals surface area contributed by atoms with E-state index in [2.05, 4.69) is 27.5 Å². The Kier molecular flexibility index (Phi) is 12.6. The quantitative estimate of drug-likeness (QED) is 0.209. The third-order valence-corrected chi connectivity index (χ3v) is 4.54. The first kappa shape index (κ1) is 26.7. The zero-order valence-electron chi connectivity index (χ0n) is 18.9. The van der Waals surface area contributed by atoms with Gasteiger partial charge in [-0.25, -0.2) is 4.98 Å². The van der Waals surface area contributed by atoms with Gasteiger partial charge < -0.3 is 20.3 Å². The van der Waals surface area contributed by atoms with Crippen molar-refractivity contribution in [3.8, 4) is 5.88 Å². The maximum Gasteiger partial charge on any atom is 0.253 e. The van der Waals surface area contributed by atoms with Gasteiger partial charge >= 0.3 is 0 Å². The van der Waals surface area contributed by atoms with E-state index in [1.54, 1.807) is 32.2 Å². The number of halogens is 1. The summed E-state index contributed by atoms with van der Waals surface area (Å²) in [4.78, 5) is 22.3. The average molecular weight is 539 g/mol. The Hall–Kier alpha value is -2.36. The smallest absolute Gasteiger partial charge is 0.253 e. The molecule has 0 aliphatic rings. The summed E-state index contributed by atoms with van der Waals surface area (Å²) < 4.78 is 5.79. The van der Waals surface area contributed by atoms with Crippen molar-refractivity contribution in [3.63, 3.8) is 0 Å². The van der Waals surface area contributed by atoms with Gasteiger partial charge in [0, 0.05) is 51.6 Å². The number of hydrogen-bond donors (Lipinski definition) is 2. The van der Waals surface area contributed by atoms with Crippen LogP contribution in [0.5, 0.6) is 5.88 Å². The van der Waals surface area contributed by atoms with Crippen LogP contribution in [0.4, 0.5) is 0 Å². The number of ether oxygens (including phenoxy) is 1. The Bertz CT molecular complexity index is 842. The number of nitrogens with one attached hydrogen (secondary N) is 2. The van der Waals surface area contributed by atoms with Crippen LogP contribution in [-0.4, -0.2) is 56.0 Å². The van der Waals surface area contributed by atoms with Crippen molar-refractivity contribution >= 4 is 35.8 Å². The lowest BCUT2D eigenvalue weighted by molar-refractivity contribution is 0.0827. The second-order valence-electron chi connectivity index (χ2n) is 7.17. The van der Waals surface area contributed by atoms with Crippen LogP contribution < -0.4 is 15.4 Å². The van der Waals surface area contributed by atoms with Gasteiger partial charge in [0.15, 0.2) is 5.96 Å². The number of guanidine groups is 1. The minimum absolute atomic E-state index is 0. The van der Waals surface area contributed by atoms with Crippen molar-refractivity contribution in [3.05, 3.63) is 59.3 Å². The zero-order valence-corrected chi connectivity index (χ0v) is 21.2. The number of unbranched alkanes of at least 4 members (excludes halogenated alkanes) is 1. The molecule has 2 rings (SSSR count). The fourth-order valence-electron chi connectivity index (χ4n) is 2.84. The maximum atomic E-state index is 12.1. The number of rotatable bonds is 10. The Labute approximate surface area is 202 Å². The van der Waals surface area contributed by atoms with Crippen LogP contribution in [0.1, 0.15) is 41.3 Å². The molecule has 170 valence electrons. The number of aromatic nitrogens is 1. The number of amides is 1. The summed E-state index contributed by atoms with van der Waals surface area (Å²) in [5.74, 6) is 1.38. The number of carbonyl (C=O) groups is 1. The fourth-order valence-corrected chi connectivity index (χ4v) is 2.84. The van der Waals surface area contributed by atoms with Crippen LogP contribution in [0, 0.1) is 0 Å². The van der Waals surface area contributed by atoms with Crippen molar-refractivity contribution < 1.29 is 9.53 Å². The van der Waals surface area contributed by atoms with Gasteiger partial charge in [-0.2, -0.15) is 0 Å². The number of carbonyl (C=O) groups excluding carboxylic acids is 1. The standard InChI is InChI=1S/C23H33N5O2.HI/c1-5-6-15-30-21-20(11-8-13-25-21)17-27-23(24-2)26-14-12-18-9-7-10-19(16-18)22(29)28(3)4;/h7-11,13,16H,5-6,12,14-15,17H2,1-4H3,(H2,24,26,27);1H. The van der Waals surface area contributed by atoms with E-state index in [9.17, 15) is 4.79 Å². The lowest BCUT2D eigenvalue weighted by atomic mass is 10.1. The molecule has 1 heterocycles. The Morgan fingerprint density at radius 1 is 1.19 bits per heavy atom. The summed E-state index contributed by atoms with van der Waals surface area (Å²) in [7, 11) is 5.26. The molecule has 0 saturated carbocycles. The first-order valence-corrected chi connectivity index (χ1v) is 10.4. The minimum Gasteiger partial charge on any atom is -0.477 e. The van der Waals surface area contributed by atoms with Gasteiger partial charge in [-0.3, -0.25) is 9.79 Å². The van der Waals surface area contributed by atoms with Crippen LogP contribution in [0.15, 0.2) is 47.6 Å². The molecular weight excluding hydrogens is 505 g/mol. The normalized spacial score (nSPS) is 10.8. The Morgan fingerprint density at radius 2 is 2.00 bits per heavy atom. The molecule has 1 amide bonds. The van der Waals surface area contributed by atoms with Gasteiger partial charge in [0.05, 0.1) is 6.61 Å². The molecule has 8 heteroatoms. The largest absolute Gasteiger partial charge is 0.477 e. The summed E-state index contributed by atoms with van der Waals surface area (Å²) in [6.07, 6.45) is 4.62. The Morgan fingerprint density at radius 3 is 2.71 bits per heavy atom. The average Bonchev–Trinajstić information content (AvgIpc) is 2.76. The lowest BCUT2D eigenvalue weighted by Gasteiger charge is -2.14. The minimum atomic E-state index is 0. The van der Waals surface area contributed by atoms with Crippen molar-refractivity contribution in [2.24, 2.45) is 4.99 Å². The van der Waals surface area contributed by atoms with E-state index in [1.165, 1.54) is 0 Å². The molecule has 0 atom stereocenters. The molecule has 0 bridgehead atoms. The molecule has 31 heavy (non-hydrogen) atoms. The molecule has 2 N–H and O–H groups in total. The second-order valence-corrected chi connectivity index (χ2v) is 7.17. The highest BCUT2D eigenvalue weighted by Crippen LogP contribution is 2.14. The highest BCUT2D eigenvalue weighted by Gasteiger charge is 2.09. The number of hydrogen-bond acceptors (Lipinski definition) is 4. The third kappa shape index (κ3) is 9.12. The SMILES string of the molecule is CCCCOc1ncccc1CNC(=NC)NCCc1cccc(C(=O)N(C)C)c1.I. The van der Waals surface area contributed by atoms with Gasteiger partial charge in [0.2, 0.25) is 5.88 Å². The van der Waals surface area contributed by atoms with E-state index in [1.807, 2.05) is 36.4 Å². The van der Waals surface area contributed by atoms with Crippen molar-refractivity contribution in [2.45, 2.75) is 32.7 Å².